The molecule has 0 heterocycles. The minimum absolute atomic E-state index is 0.0451. The molecule has 0 saturated heterocycles. The second-order valence-corrected chi connectivity index (χ2v) is 10.9. The number of rotatable bonds is 12. The molecule has 2 aromatic rings. The van der Waals surface area contributed by atoms with Gasteiger partial charge in [-0.15, -0.1) is 0 Å². The third-order valence-electron chi connectivity index (χ3n) is 5.44. The van der Waals surface area contributed by atoms with Gasteiger partial charge in [0, 0.05) is 42.2 Å². The van der Waals surface area contributed by atoms with Gasteiger partial charge in [-0.2, -0.15) is 0 Å². The van der Waals surface area contributed by atoms with Crippen molar-refractivity contribution in [1.29, 1.82) is 0 Å². The van der Waals surface area contributed by atoms with Crippen LogP contribution < -0.4 is 9.62 Å². The Morgan fingerprint density at radius 3 is 2.31 bits per heavy atom. The largest absolute Gasteiger partial charge is 0.355 e. The number of benzene rings is 2. The fraction of sp³-hybridized carbons (Fsp3) is 0.417. The molecule has 2 rings (SSSR count). The van der Waals surface area contributed by atoms with Gasteiger partial charge in [0.2, 0.25) is 21.8 Å². The first kappa shape index (κ1) is 29.8. The number of hydrogen-bond acceptors (Lipinski definition) is 4. The number of sulfonamides is 1. The standard InChI is InChI=1S/C24H29Cl2F2N3O4S/c1-4-22(24(33)29-5-2)30(15-16-8-9-17(25)13-19(16)26)23(32)7-6-12-31(36(3,34)35)18-10-11-20(27)21(28)14-18/h8-11,13-14,22H,4-7,12,15H2,1-3H3,(H,29,33)/t22-/m0/s1. The molecule has 0 aliphatic heterocycles. The van der Waals surface area contributed by atoms with Gasteiger partial charge >= 0.3 is 0 Å². The Bertz CT molecular complexity index is 1200. The van der Waals surface area contributed by atoms with E-state index in [4.69, 9.17) is 23.2 Å². The molecule has 0 aromatic heterocycles. The summed E-state index contributed by atoms with van der Waals surface area (Å²) in [6.45, 7) is 3.83. The van der Waals surface area contributed by atoms with Crippen LogP contribution in [0.15, 0.2) is 36.4 Å². The number of anilines is 1. The third kappa shape index (κ3) is 8.04. The number of amides is 2. The normalized spacial score (nSPS) is 12.2. The van der Waals surface area contributed by atoms with E-state index in [1.54, 1.807) is 32.0 Å². The molecule has 0 bridgehead atoms. The number of nitrogens with zero attached hydrogens (tertiary/aromatic N) is 2. The van der Waals surface area contributed by atoms with Crippen molar-refractivity contribution in [1.82, 2.24) is 10.2 Å². The Morgan fingerprint density at radius 1 is 1.06 bits per heavy atom. The topological polar surface area (TPSA) is 86.8 Å². The Labute approximate surface area is 220 Å². The Morgan fingerprint density at radius 2 is 1.75 bits per heavy atom. The molecule has 0 fully saturated rings. The van der Waals surface area contributed by atoms with Crippen LogP contribution in [-0.4, -0.2) is 50.5 Å². The summed E-state index contributed by atoms with van der Waals surface area (Å²) in [4.78, 5) is 27.4. The Kier molecular flexibility index (Phi) is 10.9. The predicted octanol–water partition coefficient (Wildman–Crippen LogP) is 4.76. The van der Waals surface area contributed by atoms with Crippen molar-refractivity contribution in [2.45, 2.75) is 45.7 Å². The van der Waals surface area contributed by atoms with Crippen molar-refractivity contribution in [3.63, 3.8) is 0 Å². The molecular formula is C24H29Cl2F2N3O4S. The smallest absolute Gasteiger partial charge is 0.242 e. The molecule has 1 N–H and O–H groups in total. The van der Waals surface area contributed by atoms with E-state index in [0.29, 0.717) is 28.6 Å². The number of halogens is 4. The van der Waals surface area contributed by atoms with Gasteiger partial charge in [-0.1, -0.05) is 36.2 Å². The number of carbonyl (C=O) groups excluding carboxylic acids is 2. The van der Waals surface area contributed by atoms with Crippen LogP contribution in [0.5, 0.6) is 0 Å². The summed E-state index contributed by atoms with van der Waals surface area (Å²) in [5.41, 5.74) is 0.541. The summed E-state index contributed by atoms with van der Waals surface area (Å²) >= 11 is 12.3. The van der Waals surface area contributed by atoms with Crippen LogP contribution >= 0.6 is 23.2 Å². The first-order valence-electron chi connectivity index (χ1n) is 11.3. The van der Waals surface area contributed by atoms with E-state index in [1.165, 1.54) is 4.90 Å². The van der Waals surface area contributed by atoms with Crippen molar-refractivity contribution in [3.05, 3.63) is 63.6 Å². The minimum Gasteiger partial charge on any atom is -0.355 e. The van der Waals surface area contributed by atoms with Gasteiger partial charge < -0.3 is 10.2 Å². The van der Waals surface area contributed by atoms with Gasteiger partial charge in [-0.25, -0.2) is 17.2 Å². The molecule has 0 spiro atoms. The lowest BCUT2D eigenvalue weighted by atomic mass is 10.1. The molecule has 0 saturated carbocycles. The van der Waals surface area contributed by atoms with E-state index in [2.05, 4.69) is 5.32 Å². The van der Waals surface area contributed by atoms with E-state index in [1.807, 2.05) is 0 Å². The molecule has 0 unspecified atom stereocenters. The maximum absolute atomic E-state index is 13.7. The lowest BCUT2D eigenvalue weighted by Crippen LogP contribution is -2.49. The molecule has 0 radical (unpaired) electrons. The minimum atomic E-state index is -3.84. The van der Waals surface area contributed by atoms with E-state index in [-0.39, 0.29) is 37.5 Å². The molecule has 0 aliphatic carbocycles. The van der Waals surface area contributed by atoms with Crippen LogP contribution in [0.25, 0.3) is 0 Å². The highest BCUT2D eigenvalue weighted by Gasteiger charge is 2.29. The maximum atomic E-state index is 13.7. The van der Waals surface area contributed by atoms with Crippen molar-refractivity contribution in [2.24, 2.45) is 0 Å². The average molecular weight is 564 g/mol. The van der Waals surface area contributed by atoms with Crippen molar-refractivity contribution in [3.8, 4) is 0 Å². The lowest BCUT2D eigenvalue weighted by Gasteiger charge is -2.31. The van der Waals surface area contributed by atoms with E-state index >= 15 is 0 Å². The predicted molar refractivity (Wildman–Crippen MR) is 138 cm³/mol. The second kappa shape index (κ2) is 13.2. The van der Waals surface area contributed by atoms with Crippen LogP contribution in [0.2, 0.25) is 10.0 Å². The summed E-state index contributed by atoms with van der Waals surface area (Å²) in [5.74, 6) is -3.00. The van der Waals surface area contributed by atoms with Crippen LogP contribution in [0.1, 0.15) is 38.7 Å². The molecule has 2 aromatic carbocycles. The van der Waals surface area contributed by atoms with Crippen LogP contribution in [0.4, 0.5) is 14.5 Å². The molecule has 7 nitrogen and oxygen atoms in total. The second-order valence-electron chi connectivity index (χ2n) is 8.11. The van der Waals surface area contributed by atoms with Crippen LogP contribution in [-0.2, 0) is 26.2 Å². The zero-order chi connectivity index (χ0) is 27.0. The monoisotopic (exact) mass is 563 g/mol. The third-order valence-corrected chi connectivity index (χ3v) is 7.22. The highest BCUT2D eigenvalue weighted by Crippen LogP contribution is 2.25. The molecule has 2 amide bonds. The number of nitrogens with one attached hydrogen (secondary N) is 1. The number of hydrogen-bond donors (Lipinski definition) is 1. The van der Waals surface area contributed by atoms with Gasteiger partial charge in [0.25, 0.3) is 0 Å². The average Bonchev–Trinajstić information content (AvgIpc) is 2.79. The molecule has 36 heavy (non-hydrogen) atoms. The summed E-state index contributed by atoms with van der Waals surface area (Å²) in [6.07, 6.45) is 1.25. The van der Waals surface area contributed by atoms with E-state index in [0.717, 1.165) is 28.8 Å². The van der Waals surface area contributed by atoms with Crippen molar-refractivity contribution >= 4 is 50.7 Å². The molecule has 198 valence electrons. The zero-order valence-electron chi connectivity index (χ0n) is 20.2. The van der Waals surface area contributed by atoms with Gasteiger partial charge in [-0.3, -0.25) is 13.9 Å². The SMILES string of the molecule is CCNC(=O)[C@H](CC)N(Cc1ccc(Cl)cc1Cl)C(=O)CCCN(c1ccc(F)c(F)c1)S(C)(=O)=O. The maximum Gasteiger partial charge on any atom is 0.242 e. The lowest BCUT2D eigenvalue weighted by molar-refractivity contribution is -0.141. The fourth-order valence-corrected chi connectivity index (χ4v) is 5.11. The van der Waals surface area contributed by atoms with Crippen LogP contribution in [0.3, 0.4) is 0 Å². The molecular weight excluding hydrogens is 535 g/mol. The summed E-state index contributed by atoms with van der Waals surface area (Å²) in [5, 5.41) is 3.49. The quantitative estimate of drug-likeness (QED) is 0.403. The first-order valence-corrected chi connectivity index (χ1v) is 13.9. The zero-order valence-corrected chi connectivity index (χ0v) is 22.6. The van der Waals surface area contributed by atoms with E-state index in [9.17, 15) is 26.8 Å². The Balaban J connectivity index is 2.25. The van der Waals surface area contributed by atoms with Gasteiger partial charge in [0.05, 0.1) is 11.9 Å². The highest BCUT2D eigenvalue weighted by molar-refractivity contribution is 7.92. The van der Waals surface area contributed by atoms with Gasteiger partial charge in [0.1, 0.15) is 6.04 Å². The van der Waals surface area contributed by atoms with Crippen molar-refractivity contribution in [2.75, 3.05) is 23.7 Å². The fourth-order valence-electron chi connectivity index (χ4n) is 3.69. The van der Waals surface area contributed by atoms with Gasteiger partial charge in [0.15, 0.2) is 11.6 Å². The highest BCUT2D eigenvalue weighted by atomic mass is 35.5. The molecule has 0 aliphatic rings. The summed E-state index contributed by atoms with van der Waals surface area (Å²) in [7, 11) is -3.84. The van der Waals surface area contributed by atoms with E-state index < -0.39 is 33.6 Å². The summed E-state index contributed by atoms with van der Waals surface area (Å²) in [6, 6.07) is 6.84. The Hall–Kier alpha value is -2.43. The number of carbonyl (C=O) groups is 2. The van der Waals surface area contributed by atoms with Gasteiger partial charge in [-0.05, 0) is 49.6 Å². The van der Waals surface area contributed by atoms with Crippen LogP contribution in [0, 0.1) is 11.6 Å². The molecule has 12 heteroatoms. The number of likely N-dealkylation sites (N-methyl/N-ethyl adjacent to an activating group) is 1. The van der Waals surface area contributed by atoms with Crippen molar-refractivity contribution < 1.29 is 26.8 Å². The molecule has 1 atom stereocenters. The first-order chi connectivity index (χ1) is 16.9. The summed E-state index contributed by atoms with van der Waals surface area (Å²) < 4.78 is 52.5.